The summed E-state index contributed by atoms with van der Waals surface area (Å²) < 4.78 is 32.6. The van der Waals surface area contributed by atoms with Gasteiger partial charge in [0.2, 0.25) is 0 Å². The van der Waals surface area contributed by atoms with Crippen molar-refractivity contribution in [2.45, 2.75) is 219 Å². The van der Waals surface area contributed by atoms with Crippen LogP contribution in [0.3, 0.4) is 0 Å². The predicted octanol–water partition coefficient (Wildman–Crippen LogP) is 12.3. The number of esters is 2. The Bertz CT molecular complexity index is 1050. The Morgan fingerprint density at radius 2 is 0.982 bits per heavy atom. The number of allylic oxidation sites excluding steroid dienone is 5. The second-order valence-corrected chi connectivity index (χ2v) is 17.0. The number of aliphatic hydroxyl groups excluding tert-OH is 2. The molecule has 0 radical (unpaired) electrons. The van der Waals surface area contributed by atoms with E-state index in [1.165, 1.54) is 154 Å². The zero-order valence-electron chi connectivity index (χ0n) is 36.3. The van der Waals surface area contributed by atoms with Gasteiger partial charge in [-0.15, -0.1) is 0 Å². The van der Waals surface area contributed by atoms with Crippen LogP contribution in [-0.4, -0.2) is 65.7 Å². The van der Waals surface area contributed by atoms with Crippen molar-refractivity contribution >= 4 is 19.8 Å². The van der Waals surface area contributed by atoms with E-state index < -0.39 is 51.8 Å². The molecule has 0 rings (SSSR count). The van der Waals surface area contributed by atoms with E-state index in [2.05, 4.69) is 30.5 Å². The van der Waals surface area contributed by atoms with E-state index in [4.69, 9.17) is 19.1 Å². The fraction of sp³-hybridized carbons (Fsp3) is 0.826. The molecule has 0 bridgehead atoms. The number of phosphoric acid groups is 1. The lowest BCUT2D eigenvalue weighted by molar-refractivity contribution is -0.159. The molecule has 0 saturated heterocycles. The monoisotopic (exact) mass is 829 g/mol. The number of unbranched alkanes of at least 4 members (excludes halogenated alkanes) is 26. The molecule has 0 aromatic rings. The maximum absolute atomic E-state index is 12.6. The van der Waals surface area contributed by atoms with Crippen molar-refractivity contribution in [2.24, 2.45) is 0 Å². The molecule has 0 heterocycles. The van der Waals surface area contributed by atoms with E-state index in [-0.39, 0.29) is 13.0 Å². The van der Waals surface area contributed by atoms with Crippen molar-refractivity contribution in [3.8, 4) is 0 Å². The zero-order chi connectivity index (χ0) is 41.9. The van der Waals surface area contributed by atoms with Crippen LogP contribution in [-0.2, 0) is 32.7 Å². The van der Waals surface area contributed by atoms with E-state index in [0.717, 1.165) is 32.1 Å². The summed E-state index contributed by atoms with van der Waals surface area (Å²) >= 11 is 0. The van der Waals surface area contributed by atoms with Crippen LogP contribution >= 0.6 is 7.82 Å². The van der Waals surface area contributed by atoms with Gasteiger partial charge >= 0.3 is 19.8 Å². The molecule has 0 aliphatic carbocycles. The van der Waals surface area contributed by atoms with Crippen LogP contribution in [0, 0.1) is 0 Å². The van der Waals surface area contributed by atoms with Crippen molar-refractivity contribution in [2.75, 3.05) is 26.4 Å². The largest absolute Gasteiger partial charge is 0.472 e. The third kappa shape index (κ3) is 42.1. The van der Waals surface area contributed by atoms with Gasteiger partial charge in [-0.3, -0.25) is 13.8 Å². The molecule has 3 atom stereocenters. The molecule has 0 aromatic carbocycles. The molecule has 0 aliphatic heterocycles. The van der Waals surface area contributed by atoms with Gasteiger partial charge in [0.1, 0.15) is 12.7 Å². The van der Waals surface area contributed by atoms with Crippen molar-refractivity contribution < 1.29 is 47.8 Å². The van der Waals surface area contributed by atoms with E-state index in [1.807, 2.05) is 6.08 Å². The summed E-state index contributed by atoms with van der Waals surface area (Å²) in [5, 5.41) is 18.3. The molecule has 0 amide bonds. The van der Waals surface area contributed by atoms with Gasteiger partial charge in [0.15, 0.2) is 6.10 Å². The quantitative estimate of drug-likeness (QED) is 0.0135. The van der Waals surface area contributed by atoms with Gasteiger partial charge in [0.25, 0.3) is 0 Å². The minimum Gasteiger partial charge on any atom is -0.458 e. The Labute approximate surface area is 348 Å². The maximum Gasteiger partial charge on any atom is 0.472 e. The Hall–Kier alpha value is -1.81. The number of carbonyl (C=O) groups is 2. The second-order valence-electron chi connectivity index (χ2n) is 15.5. The molecule has 10 nitrogen and oxygen atoms in total. The first kappa shape index (κ1) is 55.2. The Morgan fingerprint density at radius 3 is 1.46 bits per heavy atom. The highest BCUT2D eigenvalue weighted by Gasteiger charge is 2.27. The second kappa shape index (κ2) is 42.3. The molecule has 0 aliphatic rings. The van der Waals surface area contributed by atoms with Gasteiger partial charge in [0.05, 0.1) is 19.8 Å². The molecule has 0 aromatic heterocycles. The topological polar surface area (TPSA) is 149 Å². The molecule has 3 N–H and O–H groups in total. The summed E-state index contributed by atoms with van der Waals surface area (Å²) in [7, 11) is -4.64. The van der Waals surface area contributed by atoms with Gasteiger partial charge in [-0.2, -0.15) is 0 Å². The van der Waals surface area contributed by atoms with Crippen LogP contribution in [0.2, 0.25) is 0 Å². The van der Waals surface area contributed by atoms with Crippen molar-refractivity contribution in [1.29, 1.82) is 0 Å². The fourth-order valence-corrected chi connectivity index (χ4v) is 7.10. The molecule has 0 spiro atoms. The van der Waals surface area contributed by atoms with E-state index in [9.17, 15) is 24.2 Å². The Morgan fingerprint density at radius 1 is 0.561 bits per heavy atom. The summed E-state index contributed by atoms with van der Waals surface area (Å²) in [6.45, 7) is 2.26. The molecule has 0 fully saturated rings. The third-order valence-electron chi connectivity index (χ3n) is 9.87. The van der Waals surface area contributed by atoms with Gasteiger partial charge in [-0.25, -0.2) is 9.36 Å². The molecular formula is C46H85O10P. The van der Waals surface area contributed by atoms with E-state index in [1.54, 1.807) is 12.2 Å². The minimum absolute atomic E-state index is 0.163. The number of aliphatic hydroxyl groups is 2. The summed E-state index contributed by atoms with van der Waals surface area (Å²) in [5.74, 6) is -1.17. The number of hydrogen-bond acceptors (Lipinski definition) is 9. The van der Waals surface area contributed by atoms with Gasteiger partial charge in [0, 0.05) is 12.5 Å². The van der Waals surface area contributed by atoms with E-state index in [0.29, 0.717) is 6.42 Å². The van der Waals surface area contributed by atoms with Crippen LogP contribution in [0.15, 0.2) is 36.5 Å². The Kier molecular flexibility index (Phi) is 41.0. The number of rotatable bonds is 43. The highest BCUT2D eigenvalue weighted by Crippen LogP contribution is 2.43. The third-order valence-corrected chi connectivity index (χ3v) is 10.8. The lowest BCUT2D eigenvalue weighted by Gasteiger charge is -2.20. The first-order valence-corrected chi connectivity index (χ1v) is 24.5. The van der Waals surface area contributed by atoms with Gasteiger partial charge in [-0.05, 0) is 44.9 Å². The summed E-state index contributed by atoms with van der Waals surface area (Å²) in [4.78, 5) is 34.9. The normalized spacial score (nSPS) is 14.1. The number of phosphoric ester groups is 1. The first-order valence-electron chi connectivity index (χ1n) is 23.0. The Balaban J connectivity index is 4.33. The van der Waals surface area contributed by atoms with Crippen molar-refractivity contribution in [3.63, 3.8) is 0 Å². The average molecular weight is 829 g/mol. The average Bonchev–Trinajstić information content (AvgIpc) is 3.20. The summed E-state index contributed by atoms with van der Waals surface area (Å²) in [5.41, 5.74) is 0. The summed E-state index contributed by atoms with van der Waals surface area (Å²) in [6.07, 6.45) is 44.6. The highest BCUT2D eigenvalue weighted by molar-refractivity contribution is 7.47. The highest BCUT2D eigenvalue weighted by atomic mass is 31.2. The lowest BCUT2D eigenvalue weighted by Crippen LogP contribution is -2.29. The first-order chi connectivity index (χ1) is 27.7. The lowest BCUT2D eigenvalue weighted by atomic mass is 10.1. The van der Waals surface area contributed by atoms with Crippen LogP contribution in [0.1, 0.15) is 206 Å². The zero-order valence-corrected chi connectivity index (χ0v) is 37.2. The molecule has 11 heteroatoms. The number of ether oxygens (including phenoxy) is 2. The van der Waals surface area contributed by atoms with Gasteiger partial charge < -0.3 is 24.6 Å². The van der Waals surface area contributed by atoms with Crippen LogP contribution in [0.5, 0.6) is 0 Å². The molecule has 0 saturated carbocycles. The van der Waals surface area contributed by atoms with Gasteiger partial charge in [-0.1, -0.05) is 185 Å². The maximum atomic E-state index is 12.6. The summed E-state index contributed by atoms with van der Waals surface area (Å²) in [6, 6.07) is 0. The van der Waals surface area contributed by atoms with E-state index >= 15 is 0 Å². The SMILES string of the molecule is CCCCCCCC/C=C/CCCCCCCCCCCC(=O)O[C@H](COC(=O)/C=C/C=C/CCCCCCCCCCCCC)COP(=O)(O)OC[C@@H](O)CO. The smallest absolute Gasteiger partial charge is 0.458 e. The molecular weight excluding hydrogens is 743 g/mol. The number of carbonyl (C=O) groups excluding carboxylic acids is 2. The predicted molar refractivity (Wildman–Crippen MR) is 233 cm³/mol. The molecule has 334 valence electrons. The molecule has 1 unspecified atom stereocenters. The van der Waals surface area contributed by atoms with Crippen LogP contribution < -0.4 is 0 Å². The number of hydrogen-bond donors (Lipinski definition) is 3. The van der Waals surface area contributed by atoms with Crippen molar-refractivity contribution in [3.05, 3.63) is 36.5 Å². The molecule has 57 heavy (non-hydrogen) atoms. The standard InChI is InChI=1S/C46H85O10P/c1-3-5-7-9-11-13-15-17-19-20-21-22-24-26-28-30-32-34-36-38-46(50)56-44(42-55-57(51,52)54-40-43(48)39-47)41-53-45(49)37-35-33-31-29-27-25-23-18-16-14-12-10-8-6-4-2/h17,19,31,33,35,37,43-44,47-48H,3-16,18,20-30,32,34,36,38-42H2,1-2H3,(H,51,52)/b19-17+,33-31+,37-35+/t43-,44+/m0/s1. The minimum atomic E-state index is -4.64. The van der Waals surface area contributed by atoms with Crippen LogP contribution in [0.4, 0.5) is 0 Å². The van der Waals surface area contributed by atoms with Crippen molar-refractivity contribution in [1.82, 2.24) is 0 Å². The van der Waals surface area contributed by atoms with Crippen LogP contribution in [0.25, 0.3) is 0 Å². The fourth-order valence-electron chi connectivity index (χ4n) is 6.31.